The molecule has 2 heterocycles. The summed E-state index contributed by atoms with van der Waals surface area (Å²) in [5, 5.41) is 13.9. The molecule has 1 N–H and O–H groups in total. The van der Waals surface area contributed by atoms with Gasteiger partial charge in [-0.25, -0.2) is 0 Å². The first-order valence-electron chi connectivity index (χ1n) is 7.22. The molecule has 0 aliphatic carbocycles. The summed E-state index contributed by atoms with van der Waals surface area (Å²) in [6.07, 6.45) is 0.641. The van der Waals surface area contributed by atoms with Crippen LogP contribution in [0.5, 0.6) is 5.88 Å². The number of aromatic nitrogens is 1. The Kier molecular flexibility index (Phi) is 4.11. The highest BCUT2D eigenvalue weighted by molar-refractivity contribution is 5.92. The molecule has 6 heteroatoms. The van der Waals surface area contributed by atoms with Crippen molar-refractivity contribution < 1.29 is 19.2 Å². The topological polar surface area (TPSA) is 75.8 Å². The Morgan fingerprint density at radius 3 is 2.91 bits per heavy atom. The van der Waals surface area contributed by atoms with Gasteiger partial charge in [0.25, 0.3) is 11.8 Å². The molecule has 1 aromatic heterocycles. The van der Waals surface area contributed by atoms with Crippen LogP contribution in [0.1, 0.15) is 22.5 Å². The first kappa shape index (κ1) is 14.6. The number of hydrogen-bond acceptors (Lipinski definition) is 5. The molecule has 3 rings (SSSR count). The zero-order chi connectivity index (χ0) is 15.5. The van der Waals surface area contributed by atoms with Gasteiger partial charge < -0.3 is 19.3 Å². The first-order valence-corrected chi connectivity index (χ1v) is 7.22. The van der Waals surface area contributed by atoms with Crippen LogP contribution in [0.2, 0.25) is 0 Å². The van der Waals surface area contributed by atoms with Gasteiger partial charge in [-0.1, -0.05) is 30.3 Å². The van der Waals surface area contributed by atoms with Gasteiger partial charge >= 0.3 is 0 Å². The summed E-state index contributed by atoms with van der Waals surface area (Å²) >= 11 is 0. The summed E-state index contributed by atoms with van der Waals surface area (Å²) in [5.74, 6) is 0.125. The van der Waals surface area contributed by atoms with E-state index in [1.807, 2.05) is 30.3 Å². The van der Waals surface area contributed by atoms with Crippen molar-refractivity contribution in [2.45, 2.75) is 25.0 Å². The van der Waals surface area contributed by atoms with Gasteiger partial charge in [0.05, 0.1) is 25.3 Å². The highest BCUT2D eigenvalue weighted by Crippen LogP contribution is 2.25. The van der Waals surface area contributed by atoms with Crippen LogP contribution in [0.15, 0.2) is 40.9 Å². The van der Waals surface area contributed by atoms with Gasteiger partial charge in [-0.2, -0.15) is 0 Å². The fourth-order valence-corrected chi connectivity index (χ4v) is 2.79. The number of ether oxygens (including phenoxy) is 1. The van der Waals surface area contributed by atoms with E-state index in [2.05, 4.69) is 5.16 Å². The van der Waals surface area contributed by atoms with Crippen molar-refractivity contribution in [1.29, 1.82) is 0 Å². The zero-order valence-electron chi connectivity index (χ0n) is 12.3. The fraction of sp³-hybridized carbons (Fsp3) is 0.375. The highest BCUT2D eigenvalue weighted by atomic mass is 16.5. The van der Waals surface area contributed by atoms with Crippen molar-refractivity contribution in [3.8, 4) is 5.88 Å². The molecule has 2 atom stereocenters. The first-order chi connectivity index (χ1) is 10.7. The average Bonchev–Trinajstić information content (AvgIpc) is 3.16. The van der Waals surface area contributed by atoms with E-state index >= 15 is 0 Å². The Bertz CT molecular complexity index is 641. The Morgan fingerprint density at radius 2 is 2.23 bits per heavy atom. The lowest BCUT2D eigenvalue weighted by molar-refractivity contribution is 0.0601. The van der Waals surface area contributed by atoms with Crippen LogP contribution in [0.3, 0.4) is 0 Å². The van der Waals surface area contributed by atoms with E-state index in [9.17, 15) is 9.90 Å². The number of aliphatic hydroxyl groups excluding tert-OH is 1. The smallest absolute Gasteiger partial charge is 0.292 e. The molecular formula is C16H18N2O4. The van der Waals surface area contributed by atoms with E-state index in [1.54, 1.807) is 4.90 Å². The summed E-state index contributed by atoms with van der Waals surface area (Å²) in [7, 11) is 1.46. The minimum Gasteiger partial charge on any atom is -0.479 e. The summed E-state index contributed by atoms with van der Waals surface area (Å²) in [6.45, 7) is 0.501. The SMILES string of the molecule is COc1cc(C(=O)N2CC[C@H](O)[C@@H]2Cc2ccccc2)on1. The average molecular weight is 302 g/mol. The molecule has 0 saturated carbocycles. The molecule has 2 aromatic rings. The van der Waals surface area contributed by atoms with Gasteiger partial charge in [-0.15, -0.1) is 0 Å². The van der Waals surface area contributed by atoms with Crippen LogP contribution in [-0.2, 0) is 6.42 Å². The molecule has 1 aliphatic rings. The lowest BCUT2D eigenvalue weighted by Gasteiger charge is -2.25. The van der Waals surface area contributed by atoms with Crippen molar-refractivity contribution in [2.75, 3.05) is 13.7 Å². The summed E-state index contributed by atoms with van der Waals surface area (Å²) < 4.78 is 9.94. The Morgan fingerprint density at radius 1 is 1.45 bits per heavy atom. The number of carbonyl (C=O) groups is 1. The van der Waals surface area contributed by atoms with E-state index in [0.29, 0.717) is 19.4 Å². The lowest BCUT2D eigenvalue weighted by atomic mass is 10.0. The normalized spacial score (nSPS) is 21.1. The zero-order valence-corrected chi connectivity index (χ0v) is 12.3. The molecule has 0 bridgehead atoms. The van der Waals surface area contributed by atoms with Gasteiger partial charge in [0.15, 0.2) is 0 Å². The van der Waals surface area contributed by atoms with Crippen LogP contribution in [-0.4, -0.2) is 46.9 Å². The van der Waals surface area contributed by atoms with Crippen molar-refractivity contribution >= 4 is 5.91 Å². The fourth-order valence-electron chi connectivity index (χ4n) is 2.79. The summed E-state index contributed by atoms with van der Waals surface area (Å²) in [6, 6.07) is 11.0. The molecule has 1 amide bonds. The maximum atomic E-state index is 12.5. The third-order valence-corrected chi connectivity index (χ3v) is 3.97. The number of carbonyl (C=O) groups excluding carboxylic acids is 1. The molecule has 22 heavy (non-hydrogen) atoms. The molecule has 0 spiro atoms. The van der Waals surface area contributed by atoms with E-state index in [-0.39, 0.29) is 23.6 Å². The maximum absolute atomic E-state index is 12.5. The van der Waals surface area contributed by atoms with E-state index < -0.39 is 6.10 Å². The molecule has 6 nitrogen and oxygen atoms in total. The summed E-state index contributed by atoms with van der Waals surface area (Å²) in [4.78, 5) is 14.2. The second kappa shape index (κ2) is 6.19. The Labute approximate surface area is 128 Å². The third-order valence-electron chi connectivity index (χ3n) is 3.97. The molecule has 1 fully saturated rings. The number of methoxy groups -OCH3 is 1. The molecule has 116 valence electrons. The third kappa shape index (κ3) is 2.82. The summed E-state index contributed by atoms with van der Waals surface area (Å²) in [5.41, 5.74) is 1.08. The quantitative estimate of drug-likeness (QED) is 0.926. The standard InChI is InChI=1S/C16H18N2O4/c1-21-15-10-14(22-17-15)16(20)18-8-7-13(19)12(18)9-11-5-3-2-4-6-11/h2-6,10,12-13,19H,7-9H2,1H3/t12-,13-/m0/s1. The monoisotopic (exact) mass is 302 g/mol. The van der Waals surface area contributed by atoms with Crippen molar-refractivity contribution in [1.82, 2.24) is 10.1 Å². The van der Waals surface area contributed by atoms with Gasteiger partial charge in [0.2, 0.25) is 5.76 Å². The number of nitrogens with zero attached hydrogens (tertiary/aromatic N) is 2. The largest absolute Gasteiger partial charge is 0.479 e. The molecule has 1 saturated heterocycles. The van der Waals surface area contributed by atoms with Crippen LogP contribution in [0.4, 0.5) is 0 Å². The van der Waals surface area contributed by atoms with Crippen LogP contribution in [0, 0.1) is 0 Å². The van der Waals surface area contributed by atoms with Crippen LogP contribution >= 0.6 is 0 Å². The number of hydrogen-bond donors (Lipinski definition) is 1. The molecule has 1 aromatic carbocycles. The number of rotatable bonds is 4. The highest BCUT2D eigenvalue weighted by Gasteiger charge is 2.37. The van der Waals surface area contributed by atoms with Gasteiger partial charge in [0, 0.05) is 6.54 Å². The van der Waals surface area contributed by atoms with Gasteiger partial charge in [-0.05, 0) is 23.6 Å². The van der Waals surface area contributed by atoms with Crippen molar-refractivity contribution in [3.63, 3.8) is 0 Å². The van der Waals surface area contributed by atoms with E-state index in [1.165, 1.54) is 13.2 Å². The molecule has 0 radical (unpaired) electrons. The number of benzene rings is 1. The maximum Gasteiger partial charge on any atom is 0.292 e. The second-order valence-corrected chi connectivity index (χ2v) is 5.35. The number of likely N-dealkylation sites (tertiary alicyclic amines) is 1. The van der Waals surface area contributed by atoms with Gasteiger partial charge in [0.1, 0.15) is 0 Å². The number of aliphatic hydroxyl groups is 1. The van der Waals surface area contributed by atoms with Gasteiger partial charge in [-0.3, -0.25) is 4.79 Å². The molecular weight excluding hydrogens is 284 g/mol. The van der Waals surface area contributed by atoms with Crippen LogP contribution < -0.4 is 4.74 Å². The van der Waals surface area contributed by atoms with Crippen molar-refractivity contribution in [3.05, 3.63) is 47.7 Å². The predicted octanol–water partition coefficient (Wildman–Crippen LogP) is 1.50. The second-order valence-electron chi connectivity index (χ2n) is 5.35. The Balaban J connectivity index is 1.78. The van der Waals surface area contributed by atoms with E-state index in [0.717, 1.165) is 5.56 Å². The molecule has 0 unspecified atom stereocenters. The number of amides is 1. The predicted molar refractivity (Wildman–Crippen MR) is 78.6 cm³/mol. The minimum absolute atomic E-state index is 0.129. The molecule has 1 aliphatic heterocycles. The Hall–Kier alpha value is -2.34. The van der Waals surface area contributed by atoms with Crippen LogP contribution in [0.25, 0.3) is 0 Å². The lowest BCUT2D eigenvalue weighted by Crippen LogP contribution is -2.41. The minimum atomic E-state index is -0.533. The van der Waals surface area contributed by atoms with E-state index in [4.69, 9.17) is 9.26 Å². The van der Waals surface area contributed by atoms with Crippen molar-refractivity contribution in [2.24, 2.45) is 0 Å².